The summed E-state index contributed by atoms with van der Waals surface area (Å²) in [5.74, 6) is 1.57. The highest BCUT2D eigenvalue weighted by Gasteiger charge is 2.55. The molecule has 0 aliphatic heterocycles. The summed E-state index contributed by atoms with van der Waals surface area (Å²) in [5, 5.41) is 36.6. The Labute approximate surface area is 198 Å². The molecule has 2 aromatic rings. The molecule has 2 saturated carbocycles. The van der Waals surface area contributed by atoms with Crippen molar-refractivity contribution in [2.45, 2.75) is 57.7 Å². The number of oxime groups is 1. The van der Waals surface area contributed by atoms with Gasteiger partial charge in [0.15, 0.2) is 11.5 Å². The van der Waals surface area contributed by atoms with Crippen molar-refractivity contribution in [3.63, 3.8) is 0 Å². The molecule has 2 N–H and O–H groups in total. The molecule has 0 unspecified atom stereocenters. The third-order valence-electron chi connectivity index (χ3n) is 8.43. The van der Waals surface area contributed by atoms with Crippen LogP contribution < -0.4 is 4.74 Å². The molecule has 3 aliphatic carbocycles. The van der Waals surface area contributed by atoms with Crippen molar-refractivity contribution in [2.24, 2.45) is 22.4 Å². The minimum absolute atomic E-state index is 0.0332. The van der Waals surface area contributed by atoms with Crippen LogP contribution in [0.3, 0.4) is 0 Å². The number of nitrogens with zero attached hydrogens (tertiary/aromatic N) is 2. The van der Waals surface area contributed by atoms with Gasteiger partial charge in [-0.3, -0.25) is 10.1 Å². The quantitative estimate of drug-likeness (QED) is 0.478. The Hall–Kier alpha value is -3.13. The monoisotopic (exact) mass is 466 g/mol. The van der Waals surface area contributed by atoms with E-state index >= 15 is 0 Å². The number of rotatable bonds is 5. The number of non-ortho nitro benzene ring substituents is 1. The second-order valence-electron chi connectivity index (χ2n) is 10.1. The van der Waals surface area contributed by atoms with Crippen LogP contribution in [0.2, 0.25) is 0 Å². The molecule has 2 fully saturated rings. The normalized spacial score (nSPS) is 30.9. The fourth-order valence-corrected chi connectivity index (χ4v) is 6.55. The van der Waals surface area contributed by atoms with Crippen molar-refractivity contribution < 1.29 is 24.7 Å². The molecule has 5 atom stereocenters. The van der Waals surface area contributed by atoms with Crippen molar-refractivity contribution in [2.75, 3.05) is 7.11 Å². The molecule has 3 aliphatic rings. The Kier molecular flexibility index (Phi) is 5.72. The molecule has 0 radical (unpaired) electrons. The molecule has 8 heteroatoms. The van der Waals surface area contributed by atoms with Crippen LogP contribution in [0.1, 0.15) is 61.6 Å². The molecular formula is C26H30N2O6. The van der Waals surface area contributed by atoms with E-state index in [9.17, 15) is 20.3 Å². The Bertz CT molecular complexity index is 1130. The lowest BCUT2D eigenvalue weighted by atomic mass is 9.55. The van der Waals surface area contributed by atoms with Crippen LogP contribution in [0.25, 0.3) is 0 Å². The third-order valence-corrected chi connectivity index (χ3v) is 8.43. The predicted octanol–water partition coefficient (Wildman–Crippen LogP) is 4.90. The number of phenols is 1. The van der Waals surface area contributed by atoms with Gasteiger partial charge < -0.3 is 19.8 Å². The Morgan fingerprint density at radius 2 is 1.97 bits per heavy atom. The van der Waals surface area contributed by atoms with Crippen LogP contribution in [-0.2, 0) is 11.4 Å². The van der Waals surface area contributed by atoms with Crippen molar-refractivity contribution in [3.8, 4) is 11.5 Å². The number of ether oxygens (including phenoxy) is 1. The summed E-state index contributed by atoms with van der Waals surface area (Å²) in [6, 6.07) is 9.87. The first-order chi connectivity index (χ1) is 16.3. The van der Waals surface area contributed by atoms with Gasteiger partial charge in [0.2, 0.25) is 0 Å². The second-order valence-corrected chi connectivity index (χ2v) is 10.1. The fraction of sp³-hybridized carbons (Fsp3) is 0.500. The van der Waals surface area contributed by atoms with E-state index in [-0.39, 0.29) is 29.6 Å². The zero-order valence-electron chi connectivity index (χ0n) is 19.4. The molecule has 34 heavy (non-hydrogen) atoms. The summed E-state index contributed by atoms with van der Waals surface area (Å²) in [6.45, 7) is 2.41. The molecule has 0 amide bonds. The number of hydrogen-bond acceptors (Lipinski definition) is 7. The van der Waals surface area contributed by atoms with Gasteiger partial charge in [-0.2, -0.15) is 0 Å². The number of hydrogen-bond donors (Lipinski definition) is 2. The van der Waals surface area contributed by atoms with Gasteiger partial charge in [-0.15, -0.1) is 0 Å². The number of aliphatic hydroxyl groups is 1. The molecule has 180 valence electrons. The molecule has 5 rings (SSSR count). The zero-order valence-corrected chi connectivity index (χ0v) is 19.4. The summed E-state index contributed by atoms with van der Waals surface area (Å²) in [4.78, 5) is 16.1. The topological polar surface area (TPSA) is 114 Å². The Balaban J connectivity index is 1.46. The average molecular weight is 467 g/mol. The molecule has 8 nitrogen and oxygen atoms in total. The van der Waals surface area contributed by atoms with Gasteiger partial charge >= 0.3 is 0 Å². The van der Waals surface area contributed by atoms with Crippen molar-refractivity contribution in [3.05, 3.63) is 63.2 Å². The SMILES string of the molecule is COc1cc2c(cc1O)C(=NOCc1ccc([N+](=O)[O-])cc1)C[C@@H]1[C@@H]2CC[C@]2(C)[C@@H](O)CC[C@@H]12. The second kappa shape index (κ2) is 8.58. The summed E-state index contributed by atoms with van der Waals surface area (Å²) < 4.78 is 5.41. The average Bonchev–Trinajstić information content (AvgIpc) is 3.13. The zero-order chi connectivity index (χ0) is 24.0. The third kappa shape index (κ3) is 3.70. The van der Waals surface area contributed by atoms with E-state index in [1.807, 2.05) is 6.07 Å². The van der Waals surface area contributed by atoms with Crippen LogP contribution in [0.5, 0.6) is 11.5 Å². The van der Waals surface area contributed by atoms with Gasteiger partial charge in [0.05, 0.1) is 23.8 Å². The lowest BCUT2D eigenvalue weighted by molar-refractivity contribution is -0.384. The first-order valence-corrected chi connectivity index (χ1v) is 11.8. The number of phenolic OH excluding ortho intramolecular Hbond substituents is 1. The van der Waals surface area contributed by atoms with Crippen LogP contribution in [0.4, 0.5) is 5.69 Å². The van der Waals surface area contributed by atoms with E-state index in [0.717, 1.165) is 54.5 Å². The van der Waals surface area contributed by atoms with Crippen LogP contribution in [0.15, 0.2) is 41.6 Å². The number of methoxy groups -OCH3 is 1. The van der Waals surface area contributed by atoms with E-state index < -0.39 is 4.92 Å². The number of fused-ring (bicyclic) bond motifs is 5. The van der Waals surface area contributed by atoms with E-state index in [1.54, 1.807) is 25.3 Å². The molecule has 0 bridgehead atoms. The Morgan fingerprint density at radius 3 is 2.68 bits per heavy atom. The smallest absolute Gasteiger partial charge is 0.269 e. The number of nitro benzene ring substituents is 1. The van der Waals surface area contributed by atoms with Gasteiger partial charge in [0, 0.05) is 17.7 Å². The molecule has 0 spiro atoms. The van der Waals surface area contributed by atoms with Crippen molar-refractivity contribution in [1.82, 2.24) is 0 Å². The van der Waals surface area contributed by atoms with Crippen LogP contribution in [-0.4, -0.2) is 34.1 Å². The fourth-order valence-electron chi connectivity index (χ4n) is 6.55. The maximum atomic E-state index is 10.9. The summed E-state index contributed by atoms with van der Waals surface area (Å²) in [7, 11) is 1.55. The van der Waals surface area contributed by atoms with Gasteiger partial charge in [-0.25, -0.2) is 0 Å². The predicted molar refractivity (Wildman–Crippen MR) is 126 cm³/mol. The van der Waals surface area contributed by atoms with Gasteiger partial charge in [0.1, 0.15) is 6.61 Å². The number of aliphatic hydroxyl groups excluding tert-OH is 1. The standard InChI is InChI=1S/C26H30N2O6/c1-26-10-9-17-18-13-24(33-2)23(29)12-20(18)22(11-19(17)21(26)7-8-25(26)30)27-34-14-15-3-5-16(6-4-15)28(31)32/h3-6,12-13,17,19,21,25,29-30H,7-11,14H2,1-2H3/t17-,19-,21+,25+,26+/m1/s1. The first kappa shape index (κ1) is 22.7. The summed E-state index contributed by atoms with van der Waals surface area (Å²) >= 11 is 0. The maximum Gasteiger partial charge on any atom is 0.269 e. The van der Waals surface area contributed by atoms with Crippen LogP contribution >= 0.6 is 0 Å². The minimum atomic E-state index is -0.432. The van der Waals surface area contributed by atoms with Crippen LogP contribution in [0, 0.1) is 27.4 Å². The minimum Gasteiger partial charge on any atom is -0.504 e. The maximum absolute atomic E-state index is 10.9. The number of nitro groups is 1. The van der Waals surface area contributed by atoms with Gasteiger partial charge in [-0.1, -0.05) is 12.1 Å². The van der Waals surface area contributed by atoms with E-state index in [0.29, 0.717) is 23.5 Å². The first-order valence-electron chi connectivity index (χ1n) is 11.8. The van der Waals surface area contributed by atoms with E-state index in [4.69, 9.17) is 9.57 Å². The Morgan fingerprint density at radius 1 is 1.21 bits per heavy atom. The van der Waals surface area contributed by atoms with Crippen molar-refractivity contribution >= 4 is 11.4 Å². The number of benzene rings is 2. The molecule has 0 saturated heterocycles. The highest BCUT2D eigenvalue weighted by atomic mass is 16.6. The largest absolute Gasteiger partial charge is 0.504 e. The van der Waals surface area contributed by atoms with E-state index in [1.165, 1.54) is 12.1 Å². The lowest BCUT2D eigenvalue weighted by Gasteiger charge is -2.50. The van der Waals surface area contributed by atoms with Gasteiger partial charge in [0.25, 0.3) is 5.69 Å². The molecule has 2 aromatic carbocycles. The molecule has 0 heterocycles. The number of aromatic hydroxyl groups is 1. The molecular weight excluding hydrogens is 436 g/mol. The highest BCUT2D eigenvalue weighted by Crippen LogP contribution is 2.61. The lowest BCUT2D eigenvalue weighted by Crippen LogP contribution is -2.45. The van der Waals surface area contributed by atoms with E-state index in [2.05, 4.69) is 12.1 Å². The van der Waals surface area contributed by atoms with Gasteiger partial charge in [-0.05, 0) is 90.7 Å². The molecule has 0 aromatic heterocycles. The van der Waals surface area contributed by atoms with Crippen molar-refractivity contribution in [1.29, 1.82) is 0 Å². The summed E-state index contributed by atoms with van der Waals surface area (Å²) in [6.07, 6.45) is 4.24. The highest BCUT2D eigenvalue weighted by molar-refractivity contribution is 6.03. The summed E-state index contributed by atoms with van der Waals surface area (Å²) in [5.41, 5.74) is 3.51.